The average Bonchev–Trinajstić information content (AvgIpc) is 2.82. The molecule has 0 bridgehead atoms. The molecule has 0 spiro atoms. The first-order valence-corrected chi connectivity index (χ1v) is 6.25. The van der Waals surface area contributed by atoms with E-state index in [0.717, 1.165) is 0 Å². The molecule has 108 valence electrons. The second-order valence-electron chi connectivity index (χ2n) is 4.57. The fraction of sp³-hybridized carbons (Fsp3) is 0.727. The van der Waals surface area contributed by atoms with Gasteiger partial charge in [0.15, 0.2) is 0 Å². The molecular weight excluding hydrogens is 252 g/mol. The molecule has 8 heteroatoms. The lowest BCUT2D eigenvalue weighted by molar-refractivity contribution is -0.148. The molecule has 0 unspecified atom stereocenters. The van der Waals surface area contributed by atoms with E-state index in [-0.39, 0.29) is 5.91 Å². The standard InChI is InChI=1S/C11H20N4O4/c12-7(3-1-5-14-11(13)19)9(16)15-6-2-4-8(15)10(17)18/h7-8H,1-6,12H2,(H,17,18)(H3,13,14,19)/t7-,8-/m0/s1. The van der Waals surface area contributed by atoms with Gasteiger partial charge in [-0.2, -0.15) is 0 Å². The first-order valence-electron chi connectivity index (χ1n) is 6.25. The number of nitrogens with two attached hydrogens (primary N) is 2. The average molecular weight is 272 g/mol. The molecule has 1 heterocycles. The van der Waals surface area contributed by atoms with Crippen molar-refractivity contribution in [3.8, 4) is 0 Å². The SMILES string of the molecule is NC(=O)NCCC[C@H](N)C(=O)N1CCC[C@H]1C(=O)O. The molecule has 1 saturated heterocycles. The number of likely N-dealkylation sites (tertiary alicyclic amines) is 1. The Morgan fingerprint density at radius 1 is 1.42 bits per heavy atom. The first-order chi connectivity index (χ1) is 8.93. The third-order valence-electron chi connectivity index (χ3n) is 3.13. The van der Waals surface area contributed by atoms with Crippen LogP contribution in [0.3, 0.4) is 0 Å². The smallest absolute Gasteiger partial charge is 0.326 e. The van der Waals surface area contributed by atoms with Crippen LogP contribution in [0.25, 0.3) is 0 Å². The predicted octanol–water partition coefficient (Wildman–Crippen LogP) is -1.16. The van der Waals surface area contributed by atoms with Crippen LogP contribution in [0, 0.1) is 0 Å². The summed E-state index contributed by atoms with van der Waals surface area (Å²) in [6, 6.07) is -2.12. The number of primary amides is 1. The maximum absolute atomic E-state index is 12.0. The summed E-state index contributed by atoms with van der Waals surface area (Å²) in [6.45, 7) is 0.779. The van der Waals surface area contributed by atoms with E-state index in [4.69, 9.17) is 16.6 Å². The topological polar surface area (TPSA) is 139 Å². The second kappa shape index (κ2) is 6.93. The highest BCUT2D eigenvalue weighted by Gasteiger charge is 2.35. The monoisotopic (exact) mass is 272 g/mol. The molecule has 0 saturated carbocycles. The minimum absolute atomic E-state index is 0.344. The Labute approximate surface area is 111 Å². The normalized spacial score (nSPS) is 20.1. The molecule has 3 amide bonds. The molecule has 2 atom stereocenters. The van der Waals surface area contributed by atoms with E-state index in [1.807, 2.05) is 0 Å². The summed E-state index contributed by atoms with van der Waals surface area (Å²) in [5, 5.41) is 11.4. The van der Waals surface area contributed by atoms with Crippen molar-refractivity contribution >= 4 is 17.9 Å². The van der Waals surface area contributed by atoms with Gasteiger partial charge in [-0.25, -0.2) is 9.59 Å². The van der Waals surface area contributed by atoms with Gasteiger partial charge in [0.25, 0.3) is 0 Å². The van der Waals surface area contributed by atoms with Crippen molar-refractivity contribution in [1.29, 1.82) is 0 Å². The fourth-order valence-electron chi connectivity index (χ4n) is 2.16. The highest BCUT2D eigenvalue weighted by molar-refractivity contribution is 5.87. The van der Waals surface area contributed by atoms with Crippen LogP contribution in [0.15, 0.2) is 0 Å². The Kier molecular flexibility index (Phi) is 5.56. The molecule has 0 aromatic carbocycles. The van der Waals surface area contributed by atoms with Crippen LogP contribution in [0.2, 0.25) is 0 Å². The number of urea groups is 1. The van der Waals surface area contributed by atoms with Crippen LogP contribution in [0.5, 0.6) is 0 Å². The van der Waals surface area contributed by atoms with Crippen LogP contribution in [-0.2, 0) is 9.59 Å². The van der Waals surface area contributed by atoms with Crippen molar-refractivity contribution in [1.82, 2.24) is 10.2 Å². The minimum atomic E-state index is -0.992. The Balaban J connectivity index is 2.39. The summed E-state index contributed by atoms with van der Waals surface area (Å²) in [5.41, 5.74) is 10.6. The van der Waals surface area contributed by atoms with Gasteiger partial charge >= 0.3 is 12.0 Å². The lowest BCUT2D eigenvalue weighted by Gasteiger charge is -2.24. The number of hydrogen-bond donors (Lipinski definition) is 4. The molecule has 0 aromatic rings. The number of carboxylic acid groups (broad SMARTS) is 1. The Hall–Kier alpha value is -1.83. The Morgan fingerprint density at radius 2 is 2.11 bits per heavy atom. The van der Waals surface area contributed by atoms with Crippen LogP contribution in [-0.4, -0.2) is 53.1 Å². The second-order valence-corrected chi connectivity index (χ2v) is 4.57. The largest absolute Gasteiger partial charge is 0.480 e. The van der Waals surface area contributed by atoms with Crippen molar-refractivity contribution in [2.45, 2.75) is 37.8 Å². The number of carbonyl (C=O) groups is 3. The van der Waals surface area contributed by atoms with Gasteiger partial charge < -0.3 is 26.8 Å². The summed E-state index contributed by atoms with van der Waals surface area (Å²) in [6.07, 6.45) is 2.04. The van der Waals surface area contributed by atoms with Crippen LogP contribution in [0.4, 0.5) is 4.79 Å². The van der Waals surface area contributed by atoms with Crippen molar-refractivity contribution in [2.75, 3.05) is 13.1 Å². The Morgan fingerprint density at radius 3 is 2.68 bits per heavy atom. The number of rotatable bonds is 6. The van der Waals surface area contributed by atoms with E-state index in [1.165, 1.54) is 4.90 Å². The van der Waals surface area contributed by atoms with Crippen molar-refractivity contribution in [3.63, 3.8) is 0 Å². The number of nitrogens with one attached hydrogen (secondary N) is 1. The summed E-state index contributed by atoms with van der Waals surface area (Å²) in [5.74, 6) is -1.34. The van der Waals surface area contributed by atoms with E-state index in [1.54, 1.807) is 0 Å². The summed E-state index contributed by atoms with van der Waals surface area (Å²) < 4.78 is 0. The molecule has 0 aliphatic carbocycles. The summed E-state index contributed by atoms with van der Waals surface area (Å²) in [7, 11) is 0. The van der Waals surface area contributed by atoms with Gasteiger partial charge in [-0.1, -0.05) is 0 Å². The molecule has 0 aromatic heterocycles. The molecule has 1 rings (SSSR count). The van der Waals surface area contributed by atoms with E-state index in [9.17, 15) is 14.4 Å². The highest BCUT2D eigenvalue weighted by Crippen LogP contribution is 2.18. The quantitative estimate of drug-likeness (QED) is 0.451. The van der Waals surface area contributed by atoms with E-state index < -0.39 is 24.1 Å². The lowest BCUT2D eigenvalue weighted by atomic mass is 10.1. The van der Waals surface area contributed by atoms with Crippen LogP contribution in [0.1, 0.15) is 25.7 Å². The van der Waals surface area contributed by atoms with Gasteiger partial charge in [-0.15, -0.1) is 0 Å². The number of carboxylic acids is 1. The molecule has 1 fully saturated rings. The summed E-state index contributed by atoms with van der Waals surface area (Å²) in [4.78, 5) is 34.8. The predicted molar refractivity (Wildman–Crippen MR) is 67.2 cm³/mol. The third kappa shape index (κ3) is 4.40. The van der Waals surface area contributed by atoms with Crippen molar-refractivity contribution < 1.29 is 19.5 Å². The third-order valence-corrected chi connectivity index (χ3v) is 3.13. The van der Waals surface area contributed by atoms with Crippen molar-refractivity contribution in [3.05, 3.63) is 0 Å². The number of carbonyl (C=O) groups excluding carboxylic acids is 2. The van der Waals surface area contributed by atoms with Gasteiger partial charge in [-0.3, -0.25) is 4.79 Å². The molecule has 19 heavy (non-hydrogen) atoms. The van der Waals surface area contributed by atoms with E-state index in [2.05, 4.69) is 5.32 Å². The lowest BCUT2D eigenvalue weighted by Crippen LogP contribution is -2.48. The number of amides is 3. The molecule has 1 aliphatic heterocycles. The number of hydrogen-bond acceptors (Lipinski definition) is 4. The van der Waals surface area contributed by atoms with Gasteiger partial charge in [0.1, 0.15) is 6.04 Å². The maximum Gasteiger partial charge on any atom is 0.326 e. The zero-order chi connectivity index (χ0) is 14.4. The molecule has 1 aliphatic rings. The number of aliphatic carboxylic acids is 1. The van der Waals surface area contributed by atoms with Crippen LogP contribution >= 0.6 is 0 Å². The zero-order valence-electron chi connectivity index (χ0n) is 10.7. The van der Waals surface area contributed by atoms with Gasteiger partial charge in [0.05, 0.1) is 6.04 Å². The van der Waals surface area contributed by atoms with Gasteiger partial charge in [0.2, 0.25) is 5.91 Å². The molecule has 0 radical (unpaired) electrons. The summed E-state index contributed by atoms with van der Waals surface area (Å²) >= 11 is 0. The van der Waals surface area contributed by atoms with Crippen LogP contribution < -0.4 is 16.8 Å². The van der Waals surface area contributed by atoms with E-state index >= 15 is 0 Å². The highest BCUT2D eigenvalue weighted by atomic mass is 16.4. The van der Waals surface area contributed by atoms with E-state index in [0.29, 0.717) is 38.8 Å². The molecular formula is C11H20N4O4. The molecule has 6 N–H and O–H groups in total. The fourth-order valence-corrected chi connectivity index (χ4v) is 2.16. The number of nitrogens with zero attached hydrogens (tertiary/aromatic N) is 1. The minimum Gasteiger partial charge on any atom is -0.480 e. The Bertz CT molecular complexity index is 361. The molecule has 8 nitrogen and oxygen atoms in total. The maximum atomic E-state index is 12.0. The van der Waals surface area contributed by atoms with Gasteiger partial charge in [-0.05, 0) is 25.7 Å². The van der Waals surface area contributed by atoms with Crippen molar-refractivity contribution in [2.24, 2.45) is 11.5 Å². The zero-order valence-corrected chi connectivity index (χ0v) is 10.7. The van der Waals surface area contributed by atoms with Gasteiger partial charge in [0, 0.05) is 13.1 Å². The first kappa shape index (κ1) is 15.2.